The van der Waals surface area contributed by atoms with E-state index in [1.165, 1.54) is 42.5 Å². The van der Waals surface area contributed by atoms with E-state index in [0.717, 1.165) is 0 Å². The molecule has 0 radical (unpaired) electrons. The Kier molecular flexibility index (Phi) is 4.77. The van der Waals surface area contributed by atoms with Gasteiger partial charge in [-0.3, -0.25) is 9.59 Å². The Hall–Kier alpha value is -2.11. The molecule has 0 aromatic heterocycles. The number of rotatable bonds is 2. The first-order chi connectivity index (χ1) is 9.95. The third kappa shape index (κ3) is 4.18. The van der Waals surface area contributed by atoms with E-state index in [9.17, 15) is 14.0 Å². The van der Waals surface area contributed by atoms with Crippen LogP contribution in [0.25, 0.3) is 0 Å². The molecule has 2 aromatic carbocycles. The summed E-state index contributed by atoms with van der Waals surface area (Å²) >= 11 is 11.6. The van der Waals surface area contributed by atoms with Crippen LogP contribution in [0.1, 0.15) is 0 Å². The van der Waals surface area contributed by atoms with Crippen LogP contribution < -0.4 is 10.6 Å². The summed E-state index contributed by atoms with van der Waals surface area (Å²) in [6.07, 6.45) is 0. The lowest BCUT2D eigenvalue weighted by Crippen LogP contribution is -2.29. The van der Waals surface area contributed by atoms with Crippen molar-refractivity contribution >= 4 is 46.4 Å². The van der Waals surface area contributed by atoms with Crippen molar-refractivity contribution < 1.29 is 14.0 Å². The fraction of sp³-hybridized carbons (Fsp3) is 0. The van der Waals surface area contributed by atoms with Crippen molar-refractivity contribution in [1.29, 1.82) is 0 Å². The van der Waals surface area contributed by atoms with Gasteiger partial charge >= 0.3 is 11.8 Å². The van der Waals surface area contributed by atoms with E-state index in [1.807, 2.05) is 0 Å². The topological polar surface area (TPSA) is 58.2 Å². The van der Waals surface area contributed by atoms with Gasteiger partial charge in [0, 0.05) is 15.7 Å². The van der Waals surface area contributed by atoms with E-state index in [0.29, 0.717) is 10.0 Å². The number of anilines is 2. The second-order valence-corrected chi connectivity index (χ2v) is 4.92. The maximum Gasteiger partial charge on any atom is 0.314 e. The van der Waals surface area contributed by atoms with E-state index >= 15 is 0 Å². The summed E-state index contributed by atoms with van der Waals surface area (Å²) in [7, 11) is 0. The summed E-state index contributed by atoms with van der Waals surface area (Å²) in [5.41, 5.74) is 0.183. The summed E-state index contributed by atoms with van der Waals surface area (Å²) in [5, 5.41) is 5.11. The maximum absolute atomic E-state index is 13.4. The third-order valence-corrected chi connectivity index (χ3v) is 2.89. The van der Waals surface area contributed by atoms with Crippen LogP contribution in [0.5, 0.6) is 0 Å². The summed E-state index contributed by atoms with van der Waals surface area (Å²) in [6, 6.07) is 9.87. The summed E-state index contributed by atoms with van der Waals surface area (Å²) in [5.74, 6) is -2.60. The first-order valence-corrected chi connectivity index (χ1v) is 6.54. The number of benzene rings is 2. The van der Waals surface area contributed by atoms with Crippen LogP contribution in [0.4, 0.5) is 15.8 Å². The lowest BCUT2D eigenvalue weighted by Gasteiger charge is -2.08. The number of carbonyl (C=O) groups is 2. The lowest BCUT2D eigenvalue weighted by molar-refractivity contribution is -0.133. The molecule has 2 amide bonds. The largest absolute Gasteiger partial charge is 0.318 e. The molecule has 0 saturated carbocycles. The molecular formula is C14H9Cl2FN2O2. The summed E-state index contributed by atoms with van der Waals surface area (Å²) < 4.78 is 13.4. The van der Waals surface area contributed by atoms with Crippen molar-refractivity contribution in [2.75, 3.05) is 10.6 Å². The lowest BCUT2D eigenvalue weighted by atomic mass is 10.3. The van der Waals surface area contributed by atoms with Gasteiger partial charge in [-0.15, -0.1) is 0 Å². The number of hydrogen-bond donors (Lipinski definition) is 2. The highest BCUT2D eigenvalue weighted by atomic mass is 35.5. The van der Waals surface area contributed by atoms with Crippen LogP contribution in [-0.2, 0) is 9.59 Å². The van der Waals surface area contributed by atoms with Crippen LogP contribution in [0.3, 0.4) is 0 Å². The fourth-order valence-corrected chi connectivity index (χ4v) is 2.08. The first kappa shape index (κ1) is 15.3. The van der Waals surface area contributed by atoms with Crippen LogP contribution in [0.15, 0.2) is 42.5 Å². The average molecular weight is 327 g/mol. The Morgan fingerprint density at radius 3 is 2.10 bits per heavy atom. The number of hydrogen-bond acceptors (Lipinski definition) is 2. The highest BCUT2D eigenvalue weighted by Crippen LogP contribution is 2.22. The molecule has 21 heavy (non-hydrogen) atoms. The van der Waals surface area contributed by atoms with E-state index in [4.69, 9.17) is 23.2 Å². The summed E-state index contributed by atoms with van der Waals surface area (Å²) in [6.45, 7) is 0. The van der Waals surface area contributed by atoms with Gasteiger partial charge in [0.1, 0.15) is 5.82 Å². The SMILES string of the molecule is O=C(Nc1cc(Cl)cc(Cl)c1)C(=O)Nc1ccccc1F. The Bertz CT molecular complexity index is 687. The minimum atomic E-state index is -1.00. The van der Waals surface area contributed by atoms with Crippen molar-refractivity contribution in [3.63, 3.8) is 0 Å². The molecule has 0 atom stereocenters. The Labute approximate surface area is 129 Å². The molecule has 4 nitrogen and oxygen atoms in total. The van der Waals surface area contributed by atoms with Gasteiger partial charge in [-0.2, -0.15) is 0 Å². The number of halogens is 3. The minimum absolute atomic E-state index is 0.0817. The maximum atomic E-state index is 13.4. The third-order valence-electron chi connectivity index (χ3n) is 2.45. The monoisotopic (exact) mass is 326 g/mol. The van der Waals surface area contributed by atoms with Gasteiger partial charge in [0.25, 0.3) is 0 Å². The van der Waals surface area contributed by atoms with Crippen molar-refractivity contribution in [3.05, 3.63) is 58.3 Å². The number of nitrogens with one attached hydrogen (secondary N) is 2. The Morgan fingerprint density at radius 2 is 1.48 bits per heavy atom. The van der Waals surface area contributed by atoms with E-state index in [2.05, 4.69) is 10.6 Å². The van der Waals surface area contributed by atoms with Gasteiger partial charge in [-0.1, -0.05) is 35.3 Å². The van der Waals surface area contributed by atoms with Crippen molar-refractivity contribution in [2.45, 2.75) is 0 Å². The molecule has 0 heterocycles. The number of carbonyl (C=O) groups excluding carboxylic acids is 2. The Morgan fingerprint density at radius 1 is 0.905 bits per heavy atom. The van der Waals surface area contributed by atoms with Crippen LogP contribution in [0.2, 0.25) is 10.0 Å². The smallest absolute Gasteiger partial charge is 0.314 e. The molecule has 2 rings (SSSR count). The van der Waals surface area contributed by atoms with Gasteiger partial charge in [-0.05, 0) is 30.3 Å². The van der Waals surface area contributed by atoms with Gasteiger partial charge in [0.2, 0.25) is 0 Å². The molecule has 0 bridgehead atoms. The quantitative estimate of drug-likeness (QED) is 0.826. The molecule has 0 aliphatic carbocycles. The molecular weight excluding hydrogens is 318 g/mol. The highest BCUT2D eigenvalue weighted by molar-refractivity contribution is 6.44. The first-order valence-electron chi connectivity index (χ1n) is 5.78. The molecule has 0 saturated heterocycles. The molecule has 0 aliphatic heterocycles. The standard InChI is InChI=1S/C14H9Cl2FN2O2/c15-8-5-9(16)7-10(6-8)18-13(20)14(21)19-12-4-2-1-3-11(12)17/h1-7H,(H,18,20)(H,19,21). The predicted molar refractivity (Wildman–Crippen MR) is 80.1 cm³/mol. The van der Waals surface area contributed by atoms with Crippen LogP contribution in [0, 0.1) is 5.82 Å². The zero-order chi connectivity index (χ0) is 15.4. The van der Waals surface area contributed by atoms with E-state index < -0.39 is 17.6 Å². The Balaban J connectivity index is 2.06. The normalized spacial score (nSPS) is 10.0. The molecule has 0 unspecified atom stereocenters. The summed E-state index contributed by atoms with van der Waals surface area (Å²) in [4.78, 5) is 23.4. The highest BCUT2D eigenvalue weighted by Gasteiger charge is 2.16. The van der Waals surface area contributed by atoms with Crippen LogP contribution in [-0.4, -0.2) is 11.8 Å². The second kappa shape index (κ2) is 6.56. The average Bonchev–Trinajstić information content (AvgIpc) is 2.40. The molecule has 108 valence electrons. The molecule has 2 aromatic rings. The van der Waals surface area contributed by atoms with Crippen LogP contribution >= 0.6 is 23.2 Å². The van der Waals surface area contributed by atoms with E-state index in [1.54, 1.807) is 0 Å². The van der Waals surface area contributed by atoms with Gasteiger partial charge < -0.3 is 10.6 Å². The zero-order valence-electron chi connectivity index (χ0n) is 10.5. The molecule has 0 aliphatic rings. The van der Waals surface area contributed by atoms with Crippen molar-refractivity contribution in [3.8, 4) is 0 Å². The molecule has 0 fully saturated rings. The molecule has 2 N–H and O–H groups in total. The zero-order valence-corrected chi connectivity index (χ0v) is 12.0. The molecule has 7 heteroatoms. The fourth-order valence-electron chi connectivity index (χ4n) is 1.56. The number of amides is 2. The van der Waals surface area contributed by atoms with Gasteiger partial charge in [0.05, 0.1) is 5.69 Å². The number of para-hydroxylation sites is 1. The second-order valence-electron chi connectivity index (χ2n) is 4.05. The molecule has 0 spiro atoms. The van der Waals surface area contributed by atoms with Gasteiger partial charge in [-0.25, -0.2) is 4.39 Å². The van der Waals surface area contributed by atoms with Crippen molar-refractivity contribution in [2.24, 2.45) is 0 Å². The minimum Gasteiger partial charge on any atom is -0.318 e. The van der Waals surface area contributed by atoms with E-state index in [-0.39, 0.29) is 11.4 Å². The van der Waals surface area contributed by atoms with Crippen molar-refractivity contribution in [1.82, 2.24) is 0 Å². The van der Waals surface area contributed by atoms with Gasteiger partial charge in [0.15, 0.2) is 0 Å². The predicted octanol–water partition coefficient (Wildman–Crippen LogP) is 3.71.